The highest BCUT2D eigenvalue weighted by atomic mass is 28.3. The van der Waals surface area contributed by atoms with Crippen molar-refractivity contribution in [1.29, 1.82) is 0 Å². The van der Waals surface area contributed by atoms with Crippen molar-refractivity contribution in [1.82, 2.24) is 14.4 Å². The summed E-state index contributed by atoms with van der Waals surface area (Å²) in [7, 11) is 0.789. The van der Waals surface area contributed by atoms with Gasteiger partial charge in [-0.15, -0.1) is 0 Å². The highest BCUT2D eigenvalue weighted by Gasteiger charge is 2.23. The summed E-state index contributed by atoms with van der Waals surface area (Å²) in [4.78, 5) is 41.8. The van der Waals surface area contributed by atoms with Crippen molar-refractivity contribution in [3.63, 3.8) is 0 Å². The number of ether oxygens (including phenoxy) is 2. The molecule has 1 aliphatic rings. The zero-order valence-electron chi connectivity index (χ0n) is 25.3. The van der Waals surface area contributed by atoms with Crippen LogP contribution in [0.1, 0.15) is 26.5 Å². The number of carbonyl (C=O) groups is 2. The van der Waals surface area contributed by atoms with E-state index < -0.39 is 24.7 Å². The van der Waals surface area contributed by atoms with E-state index in [2.05, 4.69) is 36.5 Å². The molecule has 1 aromatic heterocycles. The number of carbonyl (C=O) groups excluding carboxylic acids is 2. The van der Waals surface area contributed by atoms with Crippen molar-refractivity contribution in [2.45, 2.75) is 52.1 Å². The van der Waals surface area contributed by atoms with Crippen LogP contribution in [0.25, 0.3) is 17.0 Å². The summed E-state index contributed by atoms with van der Waals surface area (Å²) in [6, 6.07) is 8.60. The number of nitrogens with zero attached hydrogens (tertiary/aromatic N) is 5. The van der Waals surface area contributed by atoms with Gasteiger partial charge in [-0.3, -0.25) is 19.8 Å². The van der Waals surface area contributed by atoms with Gasteiger partial charge in [0.25, 0.3) is 5.70 Å². The van der Waals surface area contributed by atoms with Crippen LogP contribution in [0.2, 0.25) is 25.7 Å². The minimum Gasteiger partial charge on any atom is -0.443 e. The van der Waals surface area contributed by atoms with Crippen molar-refractivity contribution in [3.8, 4) is 0 Å². The third-order valence-electron chi connectivity index (χ3n) is 6.56. The molecule has 11 nitrogen and oxygen atoms in total. The molecular weight excluding hydrogens is 542 g/mol. The minimum absolute atomic E-state index is 0.0909. The molecular formula is C29H43N5O6Si. The highest BCUT2D eigenvalue weighted by molar-refractivity contribution is 6.76. The van der Waals surface area contributed by atoms with E-state index in [0.717, 1.165) is 54.4 Å². The summed E-state index contributed by atoms with van der Waals surface area (Å²) in [6.07, 6.45) is 3.79. The second-order valence-corrected chi connectivity index (χ2v) is 18.2. The molecule has 0 unspecified atom stereocenters. The number of fused-ring (bicyclic) bond motifs is 1. The predicted molar refractivity (Wildman–Crippen MR) is 164 cm³/mol. The SMILES string of the molecule is CN1CCN(c2ccc3c(c2)cc(/C=C/C(=C\N(C=O)COCC[Si](C)(C)C)[N+](=O)[O-])n3C(=O)OC(C)(C)C)CC1. The molecule has 12 heteroatoms. The second kappa shape index (κ2) is 13.5. The van der Waals surface area contributed by atoms with E-state index >= 15 is 0 Å². The van der Waals surface area contributed by atoms with Crippen LogP contribution in [0.4, 0.5) is 10.5 Å². The number of piperazine rings is 1. The van der Waals surface area contributed by atoms with E-state index in [4.69, 9.17) is 9.47 Å². The average Bonchev–Trinajstić information content (AvgIpc) is 3.24. The lowest BCUT2D eigenvalue weighted by atomic mass is 10.2. The Balaban J connectivity index is 1.93. The lowest BCUT2D eigenvalue weighted by molar-refractivity contribution is -0.419. The smallest absolute Gasteiger partial charge is 0.419 e. The lowest BCUT2D eigenvalue weighted by Gasteiger charge is -2.34. The molecule has 0 aliphatic carbocycles. The van der Waals surface area contributed by atoms with Crippen LogP contribution < -0.4 is 4.90 Å². The highest BCUT2D eigenvalue weighted by Crippen LogP contribution is 2.28. The number of nitro groups is 1. The summed E-state index contributed by atoms with van der Waals surface area (Å²) >= 11 is 0. The molecule has 1 amide bonds. The Morgan fingerprint density at radius 1 is 1.15 bits per heavy atom. The van der Waals surface area contributed by atoms with Gasteiger partial charge in [0.05, 0.1) is 22.3 Å². The van der Waals surface area contributed by atoms with E-state index in [1.165, 1.54) is 16.7 Å². The molecule has 2 heterocycles. The Kier molecular flexibility index (Phi) is 10.5. The maximum absolute atomic E-state index is 13.3. The van der Waals surface area contributed by atoms with Crippen molar-refractivity contribution < 1.29 is 24.0 Å². The first kappa shape index (κ1) is 32.0. The van der Waals surface area contributed by atoms with Crippen LogP contribution in [-0.4, -0.2) is 92.0 Å². The number of hydrogen-bond donors (Lipinski definition) is 0. The predicted octanol–water partition coefficient (Wildman–Crippen LogP) is 5.08. The van der Waals surface area contributed by atoms with E-state index in [-0.39, 0.29) is 12.4 Å². The van der Waals surface area contributed by atoms with Gasteiger partial charge in [0.2, 0.25) is 6.41 Å². The normalized spacial score (nSPS) is 15.5. The largest absolute Gasteiger partial charge is 0.443 e. The molecule has 0 saturated carbocycles. The quantitative estimate of drug-likeness (QED) is 0.0683. The molecule has 0 atom stereocenters. The molecule has 0 radical (unpaired) electrons. The molecule has 1 aromatic carbocycles. The first-order valence-corrected chi connectivity index (χ1v) is 17.5. The standard InChI is InChI=1S/C29H43N5O6Si/c1-29(2,3)40-28(36)33-25(19-23-18-24(10-11-27(23)33)32-14-12-30(4)13-15-32)8-9-26(34(37)38)20-31(21-35)22-39-16-17-41(5,6)7/h8-11,18-21H,12-17,22H2,1-7H3/b9-8+,26-20+. The van der Waals surface area contributed by atoms with Crippen LogP contribution in [0.15, 0.2) is 42.2 Å². The van der Waals surface area contributed by atoms with Gasteiger partial charge in [-0.2, -0.15) is 0 Å². The van der Waals surface area contributed by atoms with Gasteiger partial charge in [-0.1, -0.05) is 19.6 Å². The van der Waals surface area contributed by atoms with Gasteiger partial charge in [0.1, 0.15) is 12.3 Å². The molecule has 1 fully saturated rings. The topological polar surface area (TPSA) is 110 Å². The monoisotopic (exact) mass is 585 g/mol. The third-order valence-corrected chi connectivity index (χ3v) is 8.27. The van der Waals surface area contributed by atoms with Crippen molar-refractivity contribution in [2.75, 3.05) is 51.5 Å². The van der Waals surface area contributed by atoms with Gasteiger partial charge in [0.15, 0.2) is 0 Å². The van der Waals surface area contributed by atoms with Gasteiger partial charge in [0, 0.05) is 58.0 Å². The fourth-order valence-electron chi connectivity index (χ4n) is 4.26. The van der Waals surface area contributed by atoms with Gasteiger partial charge in [-0.05, 0) is 64.2 Å². The summed E-state index contributed by atoms with van der Waals surface area (Å²) in [6.45, 7) is 16.1. The van der Waals surface area contributed by atoms with E-state index in [0.29, 0.717) is 24.2 Å². The number of amides is 1. The summed E-state index contributed by atoms with van der Waals surface area (Å²) in [5.41, 5.74) is 1.03. The van der Waals surface area contributed by atoms with Crippen LogP contribution in [0.3, 0.4) is 0 Å². The van der Waals surface area contributed by atoms with E-state index in [1.54, 1.807) is 20.8 Å². The van der Waals surface area contributed by atoms with Gasteiger partial charge >= 0.3 is 6.09 Å². The Bertz CT molecular complexity index is 1300. The Labute approximate surface area is 243 Å². The zero-order chi connectivity index (χ0) is 30.4. The van der Waals surface area contributed by atoms with Crippen LogP contribution >= 0.6 is 0 Å². The van der Waals surface area contributed by atoms with E-state index in [9.17, 15) is 19.7 Å². The molecule has 3 rings (SSSR count). The third kappa shape index (κ3) is 9.54. The second-order valence-electron chi connectivity index (χ2n) is 12.5. The molecule has 1 aliphatic heterocycles. The summed E-state index contributed by atoms with van der Waals surface area (Å²) < 4.78 is 12.7. The maximum atomic E-state index is 13.3. The number of hydrogen-bond acceptors (Lipinski definition) is 8. The zero-order valence-corrected chi connectivity index (χ0v) is 26.3. The van der Waals surface area contributed by atoms with Crippen molar-refractivity contribution in [2.24, 2.45) is 0 Å². The van der Waals surface area contributed by atoms with Gasteiger partial charge in [-0.25, -0.2) is 9.36 Å². The van der Waals surface area contributed by atoms with Gasteiger partial charge < -0.3 is 19.3 Å². The molecule has 2 aromatic rings. The number of anilines is 1. The Hall–Kier alpha value is -3.48. The Morgan fingerprint density at radius 2 is 1.83 bits per heavy atom. The average molecular weight is 586 g/mol. The van der Waals surface area contributed by atoms with Crippen LogP contribution in [0.5, 0.6) is 0 Å². The van der Waals surface area contributed by atoms with E-state index in [1.807, 2.05) is 24.3 Å². The van der Waals surface area contributed by atoms with Crippen LogP contribution in [-0.2, 0) is 14.3 Å². The number of aromatic nitrogens is 1. The Morgan fingerprint density at radius 3 is 2.41 bits per heavy atom. The minimum atomic E-state index is -1.31. The number of likely N-dealkylation sites (N-methyl/N-ethyl adjacent to an activating group) is 1. The first-order valence-electron chi connectivity index (χ1n) is 13.8. The molecule has 41 heavy (non-hydrogen) atoms. The molecule has 224 valence electrons. The first-order chi connectivity index (χ1) is 19.2. The molecule has 0 bridgehead atoms. The molecule has 0 spiro atoms. The fourth-order valence-corrected chi connectivity index (χ4v) is 5.01. The summed E-state index contributed by atoms with van der Waals surface area (Å²) in [5, 5.41) is 12.7. The lowest BCUT2D eigenvalue weighted by Crippen LogP contribution is -2.44. The van der Waals surface area contributed by atoms with Crippen LogP contribution in [0, 0.1) is 10.1 Å². The molecule has 1 saturated heterocycles. The number of rotatable bonds is 11. The van der Waals surface area contributed by atoms with Crippen molar-refractivity contribution in [3.05, 3.63) is 58.0 Å². The molecule has 0 N–H and O–H groups in total. The number of allylic oxidation sites excluding steroid dienone is 1. The fraction of sp³-hybridized carbons (Fsp3) is 0.517. The maximum Gasteiger partial charge on any atom is 0.419 e. The summed E-state index contributed by atoms with van der Waals surface area (Å²) in [5.74, 6) is 0. The number of benzene rings is 1. The van der Waals surface area contributed by atoms with Crippen molar-refractivity contribution >= 4 is 43.2 Å².